The Hall–Kier alpha value is -2.79. The molecule has 0 aliphatic heterocycles. The molecule has 0 fully saturated rings. The van der Waals surface area contributed by atoms with E-state index in [1.807, 2.05) is 42.5 Å². The highest BCUT2D eigenvalue weighted by Gasteiger charge is 2.22. The quantitative estimate of drug-likeness (QED) is 0.196. The maximum absolute atomic E-state index is 13.5. The van der Waals surface area contributed by atoms with Crippen LogP contribution in [-0.2, 0) is 6.42 Å². The third kappa shape index (κ3) is 6.86. The first-order valence-electron chi connectivity index (χ1n) is 12.9. The fourth-order valence-electron chi connectivity index (χ4n) is 4.17. The molecule has 0 saturated carbocycles. The fraction of sp³-hybridized carbons (Fsp3) is 0.483. The Bertz CT molecular complexity index is 1030. The first kappa shape index (κ1) is 25.8. The second-order valence-corrected chi connectivity index (χ2v) is 9.01. The van der Waals surface area contributed by atoms with Crippen molar-refractivity contribution in [3.63, 3.8) is 0 Å². The van der Waals surface area contributed by atoms with Crippen LogP contribution in [0.15, 0.2) is 46.9 Å². The third-order valence-corrected chi connectivity index (χ3v) is 6.22. The lowest BCUT2D eigenvalue weighted by molar-refractivity contribution is 0.103. The first-order valence-corrected chi connectivity index (χ1v) is 12.9. The third-order valence-electron chi connectivity index (χ3n) is 6.22. The Morgan fingerprint density at radius 3 is 2.24 bits per heavy atom. The van der Waals surface area contributed by atoms with Gasteiger partial charge in [0.25, 0.3) is 0 Å². The summed E-state index contributed by atoms with van der Waals surface area (Å²) >= 11 is 0. The van der Waals surface area contributed by atoms with Crippen molar-refractivity contribution in [3.05, 3.63) is 59.4 Å². The van der Waals surface area contributed by atoms with Gasteiger partial charge in [-0.2, -0.15) is 0 Å². The maximum atomic E-state index is 13.5. The van der Waals surface area contributed by atoms with Crippen molar-refractivity contribution < 1.29 is 13.9 Å². The molecule has 5 nitrogen and oxygen atoms in total. The van der Waals surface area contributed by atoms with Gasteiger partial charge in [-0.15, -0.1) is 0 Å². The first-order chi connectivity index (χ1) is 16.6. The van der Waals surface area contributed by atoms with E-state index in [0.717, 1.165) is 55.8 Å². The van der Waals surface area contributed by atoms with Crippen molar-refractivity contribution in [2.24, 2.45) is 0 Å². The second kappa shape index (κ2) is 13.2. The highest BCUT2D eigenvalue weighted by molar-refractivity contribution is 6.17. The number of nitrogens with zero attached hydrogens (tertiary/aromatic N) is 1. The number of ether oxygens (including phenoxy) is 1. The van der Waals surface area contributed by atoms with Gasteiger partial charge in [0.2, 0.25) is 0 Å². The number of carbonyl (C=O) groups is 1. The van der Waals surface area contributed by atoms with Crippen LogP contribution >= 0.6 is 0 Å². The number of rotatable bonds is 15. The zero-order valence-corrected chi connectivity index (χ0v) is 21.1. The van der Waals surface area contributed by atoms with Crippen molar-refractivity contribution in [2.45, 2.75) is 65.7 Å². The zero-order chi connectivity index (χ0) is 24.3. The van der Waals surface area contributed by atoms with Crippen LogP contribution in [0.1, 0.15) is 81.0 Å². The molecule has 1 heterocycles. The van der Waals surface area contributed by atoms with Gasteiger partial charge in [-0.25, -0.2) is 0 Å². The van der Waals surface area contributed by atoms with Gasteiger partial charge in [-0.3, -0.25) is 9.69 Å². The van der Waals surface area contributed by atoms with E-state index in [9.17, 15) is 4.79 Å². The molecular formula is C29H40N2O3. The molecule has 0 spiro atoms. The summed E-state index contributed by atoms with van der Waals surface area (Å²) in [6, 6.07) is 13.0. The summed E-state index contributed by atoms with van der Waals surface area (Å²) in [6.07, 6.45) is 7.59. The number of nitrogens with two attached hydrogens (primary N) is 1. The van der Waals surface area contributed by atoms with Gasteiger partial charge in [0.15, 0.2) is 5.78 Å². The van der Waals surface area contributed by atoms with Crippen LogP contribution in [-0.4, -0.2) is 36.9 Å². The molecule has 5 heteroatoms. The number of ketones is 1. The minimum atomic E-state index is -0.0349. The number of nitrogen functional groups attached to an aromatic ring is 1. The summed E-state index contributed by atoms with van der Waals surface area (Å²) in [5.74, 6) is 1.49. The van der Waals surface area contributed by atoms with Crippen molar-refractivity contribution >= 4 is 22.4 Å². The van der Waals surface area contributed by atoms with Crippen LogP contribution in [0.5, 0.6) is 5.75 Å². The van der Waals surface area contributed by atoms with Gasteiger partial charge < -0.3 is 14.9 Å². The van der Waals surface area contributed by atoms with Crippen LogP contribution in [0.3, 0.4) is 0 Å². The van der Waals surface area contributed by atoms with E-state index < -0.39 is 0 Å². The molecule has 0 atom stereocenters. The lowest BCUT2D eigenvalue weighted by Crippen LogP contribution is -2.30. The largest absolute Gasteiger partial charge is 0.492 e. The lowest BCUT2D eigenvalue weighted by Gasteiger charge is -2.22. The van der Waals surface area contributed by atoms with Crippen molar-refractivity contribution in [1.29, 1.82) is 0 Å². The summed E-state index contributed by atoms with van der Waals surface area (Å²) in [5.41, 5.74) is 8.60. The lowest BCUT2D eigenvalue weighted by atomic mass is 9.98. The minimum absolute atomic E-state index is 0.0349. The molecule has 2 N–H and O–H groups in total. The smallest absolute Gasteiger partial charge is 0.197 e. The summed E-state index contributed by atoms with van der Waals surface area (Å²) in [5, 5.41) is 0.788. The number of hydrogen-bond donors (Lipinski definition) is 1. The Labute approximate surface area is 204 Å². The standard InChI is InChI=1S/C29H40N2O3/c1-4-7-10-27-28(25-21-23(30)13-16-26(25)34-27)29(32)22-11-14-24(15-12-22)33-20-19-31(17-8-5-2)18-9-6-3/h11-16,21H,4-10,17-20,30H2,1-3H3. The number of unbranched alkanes of at least 4 members (excludes halogenated alkanes) is 3. The number of hydrogen-bond acceptors (Lipinski definition) is 5. The predicted octanol–water partition coefficient (Wildman–Crippen LogP) is 6.87. The van der Waals surface area contributed by atoms with E-state index in [-0.39, 0.29) is 5.78 Å². The molecule has 0 bridgehead atoms. The molecule has 3 rings (SSSR count). The molecule has 0 aliphatic rings. The molecular weight excluding hydrogens is 424 g/mol. The number of aryl methyl sites for hydroxylation is 1. The van der Waals surface area contributed by atoms with Gasteiger partial charge in [0.05, 0.1) is 5.56 Å². The molecule has 2 aromatic carbocycles. The Balaban J connectivity index is 1.69. The van der Waals surface area contributed by atoms with Crippen LogP contribution < -0.4 is 10.5 Å². The number of carbonyl (C=O) groups excluding carboxylic acids is 1. The molecule has 0 radical (unpaired) electrons. The number of fused-ring (bicyclic) bond motifs is 1. The Kier molecular flexibility index (Phi) is 10.0. The second-order valence-electron chi connectivity index (χ2n) is 9.01. The van der Waals surface area contributed by atoms with Crippen LogP contribution in [0.25, 0.3) is 11.0 Å². The molecule has 0 unspecified atom stereocenters. The molecule has 184 valence electrons. The average Bonchev–Trinajstić information content (AvgIpc) is 3.21. The monoisotopic (exact) mass is 464 g/mol. The predicted molar refractivity (Wildman–Crippen MR) is 141 cm³/mol. The molecule has 0 saturated heterocycles. The van der Waals surface area contributed by atoms with E-state index in [1.54, 1.807) is 0 Å². The Morgan fingerprint density at radius 1 is 0.912 bits per heavy atom. The van der Waals surface area contributed by atoms with Gasteiger partial charge >= 0.3 is 0 Å². The van der Waals surface area contributed by atoms with Crippen LogP contribution in [0.4, 0.5) is 5.69 Å². The number of benzene rings is 2. The molecule has 0 aliphatic carbocycles. The van der Waals surface area contributed by atoms with Gasteiger partial charge in [0.1, 0.15) is 23.7 Å². The summed E-state index contributed by atoms with van der Waals surface area (Å²) in [7, 11) is 0. The normalized spacial score (nSPS) is 11.4. The average molecular weight is 465 g/mol. The number of anilines is 1. The Morgan fingerprint density at radius 2 is 1.59 bits per heavy atom. The van der Waals surface area contributed by atoms with Gasteiger partial charge in [-0.1, -0.05) is 40.0 Å². The SMILES string of the molecule is CCCCc1oc2ccc(N)cc2c1C(=O)c1ccc(OCCN(CCCC)CCCC)cc1. The van der Waals surface area contributed by atoms with Gasteiger partial charge in [0, 0.05) is 29.6 Å². The highest BCUT2D eigenvalue weighted by Crippen LogP contribution is 2.31. The molecule has 1 aromatic heterocycles. The summed E-state index contributed by atoms with van der Waals surface area (Å²) < 4.78 is 12.0. The molecule has 3 aromatic rings. The van der Waals surface area contributed by atoms with Crippen molar-refractivity contribution in [1.82, 2.24) is 4.90 Å². The zero-order valence-electron chi connectivity index (χ0n) is 21.1. The highest BCUT2D eigenvalue weighted by atomic mass is 16.5. The van der Waals surface area contributed by atoms with E-state index >= 15 is 0 Å². The summed E-state index contributed by atoms with van der Waals surface area (Å²) in [6.45, 7) is 10.4. The van der Waals surface area contributed by atoms with Crippen molar-refractivity contribution in [2.75, 3.05) is 32.0 Å². The minimum Gasteiger partial charge on any atom is -0.492 e. The van der Waals surface area contributed by atoms with Crippen molar-refractivity contribution in [3.8, 4) is 5.75 Å². The van der Waals surface area contributed by atoms with E-state index in [0.29, 0.717) is 29.0 Å². The number of furan rings is 1. The fourth-order valence-corrected chi connectivity index (χ4v) is 4.17. The van der Waals surface area contributed by atoms with E-state index in [1.165, 1.54) is 25.7 Å². The summed E-state index contributed by atoms with van der Waals surface area (Å²) in [4.78, 5) is 16.0. The topological polar surface area (TPSA) is 68.7 Å². The van der Waals surface area contributed by atoms with E-state index in [2.05, 4.69) is 25.7 Å². The van der Waals surface area contributed by atoms with E-state index in [4.69, 9.17) is 14.9 Å². The van der Waals surface area contributed by atoms with Crippen LogP contribution in [0.2, 0.25) is 0 Å². The van der Waals surface area contributed by atoms with Gasteiger partial charge in [-0.05, 0) is 74.8 Å². The van der Waals surface area contributed by atoms with Crippen LogP contribution in [0, 0.1) is 0 Å². The molecule has 0 amide bonds. The molecule has 34 heavy (non-hydrogen) atoms. The maximum Gasteiger partial charge on any atom is 0.197 e.